The molecule has 2 aromatic rings. The Kier molecular flexibility index (Phi) is 15.6. The van der Waals surface area contributed by atoms with E-state index in [-0.39, 0.29) is 38.4 Å². The summed E-state index contributed by atoms with van der Waals surface area (Å²) in [5.74, 6) is -2.89. The molecular weight excluding hydrogens is 706 g/mol. The molecule has 1 fully saturated rings. The van der Waals surface area contributed by atoms with Crippen molar-refractivity contribution in [3.63, 3.8) is 0 Å². The minimum absolute atomic E-state index is 0.0276. The molecule has 0 aromatic heterocycles. The van der Waals surface area contributed by atoms with Crippen LogP contribution in [0.5, 0.6) is 0 Å². The second-order valence-corrected chi connectivity index (χ2v) is 16.4. The van der Waals surface area contributed by atoms with Crippen LogP contribution in [-0.4, -0.2) is 96.3 Å². The fourth-order valence-corrected chi connectivity index (χ4v) is 6.36. The summed E-state index contributed by atoms with van der Waals surface area (Å²) in [6.45, 7) is 13.7. The van der Waals surface area contributed by atoms with E-state index in [9.17, 15) is 28.8 Å². The zero-order valence-electron chi connectivity index (χ0n) is 33.7. The van der Waals surface area contributed by atoms with Crippen molar-refractivity contribution in [3.8, 4) is 0 Å². The lowest BCUT2D eigenvalue weighted by Gasteiger charge is -2.31. The SMILES string of the molecule is COC(=O)C1(NC(=O)OC(C)(C)C)CCN(C(=O)CNC(=O)C(CC(C)C)[C@@H](Cc2ccccc2)NC(=O)C(Cc2ccccc2)NC(=O)OC(C)(C)C)C1. The largest absolute Gasteiger partial charge is 0.467 e. The molecule has 302 valence electrons. The van der Waals surface area contributed by atoms with Crippen molar-refractivity contribution in [2.45, 2.75) is 110 Å². The van der Waals surface area contributed by atoms with Crippen molar-refractivity contribution in [2.24, 2.45) is 11.8 Å². The summed E-state index contributed by atoms with van der Waals surface area (Å²) in [4.78, 5) is 81.6. The Morgan fingerprint density at radius 1 is 0.764 bits per heavy atom. The van der Waals surface area contributed by atoms with E-state index in [1.807, 2.05) is 74.5 Å². The third kappa shape index (κ3) is 14.6. The van der Waals surface area contributed by atoms with E-state index in [1.165, 1.54) is 12.0 Å². The number of carbonyl (C=O) groups excluding carboxylic acids is 6. The summed E-state index contributed by atoms with van der Waals surface area (Å²) in [6.07, 6.45) is -0.657. The minimum Gasteiger partial charge on any atom is -0.467 e. The molecule has 2 aromatic carbocycles. The van der Waals surface area contributed by atoms with Crippen molar-refractivity contribution in [3.05, 3.63) is 71.8 Å². The van der Waals surface area contributed by atoms with E-state index in [1.54, 1.807) is 41.5 Å². The minimum atomic E-state index is -1.52. The van der Waals surface area contributed by atoms with Crippen LogP contribution in [0.2, 0.25) is 0 Å². The molecule has 1 aliphatic heterocycles. The number of amides is 5. The number of rotatable bonds is 15. The highest BCUT2D eigenvalue weighted by Crippen LogP contribution is 2.25. The molecule has 4 atom stereocenters. The van der Waals surface area contributed by atoms with Gasteiger partial charge in [-0.3, -0.25) is 14.4 Å². The van der Waals surface area contributed by atoms with Crippen LogP contribution in [0, 0.1) is 11.8 Å². The topological polar surface area (TPSA) is 181 Å². The average molecular weight is 766 g/mol. The van der Waals surface area contributed by atoms with Crippen LogP contribution in [-0.2, 0) is 46.2 Å². The quantitative estimate of drug-likeness (QED) is 0.152. The van der Waals surface area contributed by atoms with Gasteiger partial charge in [-0.1, -0.05) is 74.5 Å². The molecule has 0 spiro atoms. The van der Waals surface area contributed by atoms with Gasteiger partial charge in [0, 0.05) is 25.4 Å². The summed E-state index contributed by atoms with van der Waals surface area (Å²) < 4.78 is 15.8. The van der Waals surface area contributed by atoms with Gasteiger partial charge < -0.3 is 40.4 Å². The van der Waals surface area contributed by atoms with E-state index in [0.717, 1.165) is 11.1 Å². The number of esters is 1. The standard InChI is InChI=1S/C41H59N5O9/c1-27(2)22-30(34(48)42-25-33(47)46-21-20-41(26-46,36(50)53-9)45-38(52)55-40(6,7)8)31(23-28-16-12-10-13-17-28)43-35(49)32(24-29-18-14-11-15-19-29)44-37(51)54-39(3,4)5/h10-19,27,30-32H,20-26H2,1-9H3,(H,42,48)(H,43,49)(H,44,51)(H,45,52)/t30?,31-,32?,41?/m1/s1. The highest BCUT2D eigenvalue weighted by molar-refractivity contribution is 5.91. The Morgan fingerprint density at radius 2 is 1.31 bits per heavy atom. The van der Waals surface area contributed by atoms with Gasteiger partial charge >= 0.3 is 18.2 Å². The van der Waals surface area contributed by atoms with Gasteiger partial charge in [0.05, 0.1) is 26.1 Å². The maximum atomic E-state index is 14.1. The van der Waals surface area contributed by atoms with Crippen LogP contribution in [0.4, 0.5) is 9.59 Å². The van der Waals surface area contributed by atoms with Crippen LogP contribution >= 0.6 is 0 Å². The molecule has 4 N–H and O–H groups in total. The first-order valence-electron chi connectivity index (χ1n) is 18.7. The van der Waals surface area contributed by atoms with E-state index < -0.39 is 70.6 Å². The normalized spacial score (nSPS) is 17.3. The van der Waals surface area contributed by atoms with Crippen molar-refractivity contribution < 1.29 is 43.0 Å². The van der Waals surface area contributed by atoms with Crippen LogP contribution in [0.25, 0.3) is 0 Å². The van der Waals surface area contributed by atoms with Crippen LogP contribution in [0.1, 0.15) is 79.4 Å². The highest BCUT2D eigenvalue weighted by Gasteiger charge is 2.49. The number of methoxy groups -OCH3 is 1. The molecule has 55 heavy (non-hydrogen) atoms. The van der Waals surface area contributed by atoms with Gasteiger partial charge in [0.25, 0.3) is 0 Å². The molecule has 14 nitrogen and oxygen atoms in total. The molecule has 0 radical (unpaired) electrons. The number of hydrogen-bond acceptors (Lipinski definition) is 9. The number of hydrogen-bond donors (Lipinski definition) is 4. The third-order valence-electron chi connectivity index (χ3n) is 8.82. The summed E-state index contributed by atoms with van der Waals surface area (Å²) in [5, 5.41) is 11.2. The average Bonchev–Trinajstić information content (AvgIpc) is 3.52. The molecule has 1 heterocycles. The smallest absolute Gasteiger partial charge is 0.408 e. The first kappa shape index (κ1) is 44.3. The van der Waals surface area contributed by atoms with E-state index in [4.69, 9.17) is 14.2 Å². The van der Waals surface area contributed by atoms with Crippen LogP contribution in [0.3, 0.4) is 0 Å². The number of nitrogens with one attached hydrogen (secondary N) is 4. The van der Waals surface area contributed by atoms with Gasteiger partial charge in [-0.25, -0.2) is 14.4 Å². The maximum absolute atomic E-state index is 14.1. The number of ether oxygens (including phenoxy) is 3. The van der Waals surface area contributed by atoms with E-state index in [2.05, 4.69) is 21.3 Å². The summed E-state index contributed by atoms with van der Waals surface area (Å²) in [5.41, 5.74) is -1.45. The monoisotopic (exact) mass is 765 g/mol. The first-order valence-corrected chi connectivity index (χ1v) is 18.7. The summed E-state index contributed by atoms with van der Waals surface area (Å²) in [7, 11) is 1.20. The van der Waals surface area contributed by atoms with E-state index in [0.29, 0.717) is 12.8 Å². The third-order valence-corrected chi connectivity index (χ3v) is 8.82. The van der Waals surface area contributed by atoms with Gasteiger partial charge in [-0.05, 0) is 71.4 Å². The molecule has 5 amide bonds. The first-order chi connectivity index (χ1) is 25.7. The summed E-state index contributed by atoms with van der Waals surface area (Å²) >= 11 is 0. The number of carbonyl (C=O) groups is 6. The highest BCUT2D eigenvalue weighted by atomic mass is 16.6. The predicted molar refractivity (Wildman–Crippen MR) is 207 cm³/mol. The van der Waals surface area contributed by atoms with Gasteiger partial charge in [0.1, 0.15) is 17.2 Å². The maximum Gasteiger partial charge on any atom is 0.408 e. The lowest BCUT2D eigenvalue weighted by Crippen LogP contribution is -2.58. The van der Waals surface area contributed by atoms with Gasteiger partial charge in [0.2, 0.25) is 17.7 Å². The van der Waals surface area contributed by atoms with E-state index >= 15 is 0 Å². The number of benzene rings is 2. The zero-order valence-corrected chi connectivity index (χ0v) is 33.7. The fourth-order valence-electron chi connectivity index (χ4n) is 6.36. The van der Waals surface area contributed by atoms with Crippen molar-refractivity contribution in [1.29, 1.82) is 0 Å². The molecule has 1 aliphatic rings. The second kappa shape index (κ2) is 19.4. The molecular formula is C41H59N5O9. The molecule has 3 unspecified atom stereocenters. The fraction of sp³-hybridized carbons (Fsp3) is 0.561. The zero-order chi connectivity index (χ0) is 41.0. The molecule has 0 aliphatic carbocycles. The van der Waals surface area contributed by atoms with Gasteiger partial charge in [-0.15, -0.1) is 0 Å². The Morgan fingerprint density at radius 3 is 1.84 bits per heavy atom. The predicted octanol–water partition coefficient (Wildman–Crippen LogP) is 4.30. The lowest BCUT2D eigenvalue weighted by atomic mass is 9.85. The Labute approximate surface area is 324 Å². The Balaban J connectivity index is 1.84. The number of likely N-dealkylation sites (tertiary alicyclic amines) is 1. The Bertz CT molecular complexity index is 1620. The van der Waals surface area contributed by atoms with Crippen LogP contribution in [0.15, 0.2) is 60.7 Å². The molecule has 3 rings (SSSR count). The molecule has 0 bridgehead atoms. The van der Waals surface area contributed by atoms with Crippen molar-refractivity contribution in [1.82, 2.24) is 26.2 Å². The van der Waals surface area contributed by atoms with Crippen molar-refractivity contribution >= 4 is 35.9 Å². The molecule has 1 saturated heterocycles. The summed E-state index contributed by atoms with van der Waals surface area (Å²) in [6, 6.07) is 16.9. The lowest BCUT2D eigenvalue weighted by molar-refractivity contribution is -0.148. The Hall–Kier alpha value is -5.14. The number of nitrogens with zero attached hydrogens (tertiary/aromatic N) is 1. The van der Waals surface area contributed by atoms with Gasteiger partial charge in [-0.2, -0.15) is 0 Å². The second-order valence-electron chi connectivity index (χ2n) is 16.4. The van der Waals surface area contributed by atoms with Crippen molar-refractivity contribution in [2.75, 3.05) is 26.7 Å². The molecule has 0 saturated carbocycles. The number of alkyl carbamates (subject to hydrolysis) is 2. The van der Waals surface area contributed by atoms with Crippen LogP contribution < -0.4 is 21.3 Å². The molecule has 14 heteroatoms. The van der Waals surface area contributed by atoms with Gasteiger partial charge in [0.15, 0.2) is 5.54 Å².